The highest BCUT2D eigenvalue weighted by Crippen LogP contribution is 2.21. The maximum absolute atomic E-state index is 11.8. The summed E-state index contributed by atoms with van der Waals surface area (Å²) in [5, 5.41) is 10.4. The molecule has 0 bridgehead atoms. The average Bonchev–Trinajstić information content (AvgIpc) is 2.92. The second-order valence-corrected chi connectivity index (χ2v) is 5.72. The molecule has 0 aliphatic carbocycles. The molecule has 0 spiro atoms. The maximum Gasteiger partial charge on any atom is 0.241 e. The van der Waals surface area contributed by atoms with Crippen molar-refractivity contribution in [1.29, 1.82) is 0 Å². The molecular formula is C14H25N5O. The SMILES string of the molecule is CC(C)N1CCCCC1CCNC(=O)Cn1ccnn1. The van der Waals surface area contributed by atoms with Crippen LogP contribution in [0.4, 0.5) is 0 Å². The van der Waals surface area contributed by atoms with E-state index in [4.69, 9.17) is 0 Å². The number of amides is 1. The van der Waals surface area contributed by atoms with Gasteiger partial charge in [-0.3, -0.25) is 9.69 Å². The Kier molecular flexibility index (Phi) is 5.52. The molecule has 1 atom stereocenters. The summed E-state index contributed by atoms with van der Waals surface area (Å²) < 4.78 is 1.54. The standard InChI is InChI=1S/C14H25N5O/c1-12(2)19-9-4-3-5-13(19)6-7-15-14(20)11-18-10-8-16-17-18/h8,10,12-13H,3-7,9,11H2,1-2H3,(H,15,20). The lowest BCUT2D eigenvalue weighted by Gasteiger charge is -2.38. The Hall–Kier alpha value is -1.43. The van der Waals surface area contributed by atoms with Crippen LogP contribution in [0.15, 0.2) is 12.4 Å². The van der Waals surface area contributed by atoms with Crippen molar-refractivity contribution >= 4 is 5.91 Å². The predicted octanol–water partition coefficient (Wildman–Crippen LogP) is 1.05. The molecule has 6 nitrogen and oxygen atoms in total. The predicted molar refractivity (Wildman–Crippen MR) is 77.1 cm³/mol. The van der Waals surface area contributed by atoms with Crippen LogP contribution in [0.3, 0.4) is 0 Å². The summed E-state index contributed by atoms with van der Waals surface area (Å²) in [6, 6.07) is 1.20. The second-order valence-electron chi connectivity index (χ2n) is 5.72. The minimum absolute atomic E-state index is 0.00223. The van der Waals surface area contributed by atoms with Crippen LogP contribution in [-0.4, -0.2) is 51.0 Å². The number of hydrogen-bond acceptors (Lipinski definition) is 4. The van der Waals surface area contributed by atoms with Gasteiger partial charge in [-0.05, 0) is 39.7 Å². The zero-order valence-electron chi connectivity index (χ0n) is 12.5. The lowest BCUT2D eigenvalue weighted by Crippen LogP contribution is -2.45. The van der Waals surface area contributed by atoms with E-state index >= 15 is 0 Å². The molecule has 2 heterocycles. The van der Waals surface area contributed by atoms with Gasteiger partial charge >= 0.3 is 0 Å². The molecular weight excluding hydrogens is 254 g/mol. The van der Waals surface area contributed by atoms with Crippen molar-refractivity contribution in [2.45, 2.75) is 58.2 Å². The zero-order valence-corrected chi connectivity index (χ0v) is 12.5. The van der Waals surface area contributed by atoms with Crippen LogP contribution in [0.5, 0.6) is 0 Å². The summed E-state index contributed by atoms with van der Waals surface area (Å²) in [7, 11) is 0. The molecule has 1 aliphatic rings. The molecule has 2 rings (SSSR count). The van der Waals surface area contributed by atoms with Gasteiger partial charge in [-0.2, -0.15) is 0 Å². The Morgan fingerprint density at radius 3 is 3.00 bits per heavy atom. The van der Waals surface area contributed by atoms with Gasteiger partial charge in [-0.25, -0.2) is 4.68 Å². The number of likely N-dealkylation sites (tertiary alicyclic amines) is 1. The van der Waals surface area contributed by atoms with Crippen molar-refractivity contribution in [2.24, 2.45) is 0 Å². The smallest absolute Gasteiger partial charge is 0.241 e. The van der Waals surface area contributed by atoms with Gasteiger partial charge in [0.2, 0.25) is 5.91 Å². The van der Waals surface area contributed by atoms with Gasteiger partial charge in [0.25, 0.3) is 0 Å². The number of nitrogens with one attached hydrogen (secondary N) is 1. The van der Waals surface area contributed by atoms with Gasteiger partial charge < -0.3 is 5.32 Å². The monoisotopic (exact) mass is 279 g/mol. The van der Waals surface area contributed by atoms with Crippen LogP contribution >= 0.6 is 0 Å². The zero-order chi connectivity index (χ0) is 14.4. The van der Waals surface area contributed by atoms with E-state index in [2.05, 4.69) is 34.4 Å². The molecule has 1 N–H and O–H groups in total. The maximum atomic E-state index is 11.8. The molecule has 20 heavy (non-hydrogen) atoms. The van der Waals surface area contributed by atoms with E-state index in [9.17, 15) is 4.79 Å². The van der Waals surface area contributed by atoms with E-state index in [-0.39, 0.29) is 12.5 Å². The summed E-state index contributed by atoms with van der Waals surface area (Å²) in [6.07, 6.45) is 8.16. The van der Waals surface area contributed by atoms with Crippen molar-refractivity contribution in [3.05, 3.63) is 12.4 Å². The lowest BCUT2D eigenvalue weighted by atomic mass is 9.98. The topological polar surface area (TPSA) is 63.1 Å². The third-order valence-electron chi connectivity index (χ3n) is 3.91. The molecule has 1 amide bonds. The van der Waals surface area contributed by atoms with Crippen molar-refractivity contribution in [1.82, 2.24) is 25.2 Å². The number of aromatic nitrogens is 3. The fourth-order valence-corrected chi connectivity index (χ4v) is 2.91. The number of hydrogen-bond donors (Lipinski definition) is 1. The van der Waals surface area contributed by atoms with E-state index in [1.165, 1.54) is 30.5 Å². The first-order valence-corrected chi connectivity index (χ1v) is 7.53. The van der Waals surface area contributed by atoms with Crippen LogP contribution in [0.25, 0.3) is 0 Å². The summed E-state index contributed by atoms with van der Waals surface area (Å²) in [5.74, 6) is 0.00223. The van der Waals surface area contributed by atoms with Crippen molar-refractivity contribution in [3.63, 3.8) is 0 Å². The minimum atomic E-state index is 0.00223. The number of carbonyl (C=O) groups excluding carboxylic acids is 1. The summed E-state index contributed by atoms with van der Waals surface area (Å²) >= 11 is 0. The second kappa shape index (κ2) is 7.38. The molecule has 1 fully saturated rings. The fraction of sp³-hybridized carbons (Fsp3) is 0.786. The van der Waals surface area contributed by atoms with Crippen LogP contribution in [0.2, 0.25) is 0 Å². The quantitative estimate of drug-likeness (QED) is 0.845. The molecule has 0 aromatic carbocycles. The number of piperidine rings is 1. The van der Waals surface area contributed by atoms with Crippen molar-refractivity contribution in [2.75, 3.05) is 13.1 Å². The highest BCUT2D eigenvalue weighted by atomic mass is 16.2. The Morgan fingerprint density at radius 2 is 2.30 bits per heavy atom. The molecule has 1 saturated heterocycles. The first-order valence-electron chi connectivity index (χ1n) is 7.53. The van der Waals surface area contributed by atoms with E-state index in [1.54, 1.807) is 12.4 Å². The Morgan fingerprint density at radius 1 is 1.45 bits per heavy atom. The van der Waals surface area contributed by atoms with Gasteiger partial charge in [0.1, 0.15) is 6.54 Å². The number of nitrogens with zero attached hydrogens (tertiary/aromatic N) is 4. The fourth-order valence-electron chi connectivity index (χ4n) is 2.91. The van der Waals surface area contributed by atoms with Gasteiger partial charge in [-0.15, -0.1) is 5.10 Å². The summed E-state index contributed by atoms with van der Waals surface area (Å²) in [4.78, 5) is 14.3. The van der Waals surface area contributed by atoms with Crippen LogP contribution < -0.4 is 5.32 Å². The van der Waals surface area contributed by atoms with Crippen LogP contribution in [0.1, 0.15) is 39.5 Å². The summed E-state index contributed by atoms with van der Waals surface area (Å²) in [6.45, 7) is 6.68. The van der Waals surface area contributed by atoms with Crippen molar-refractivity contribution < 1.29 is 4.79 Å². The highest BCUT2D eigenvalue weighted by molar-refractivity contribution is 5.75. The Balaban J connectivity index is 1.70. The first kappa shape index (κ1) is 15.0. The molecule has 1 unspecified atom stereocenters. The molecule has 0 saturated carbocycles. The van der Waals surface area contributed by atoms with Crippen LogP contribution in [-0.2, 0) is 11.3 Å². The van der Waals surface area contributed by atoms with Gasteiger partial charge in [-0.1, -0.05) is 11.6 Å². The van der Waals surface area contributed by atoms with Crippen molar-refractivity contribution in [3.8, 4) is 0 Å². The summed E-state index contributed by atoms with van der Waals surface area (Å²) in [5.41, 5.74) is 0. The van der Waals surface area contributed by atoms with Crippen LogP contribution in [0, 0.1) is 0 Å². The molecule has 1 aliphatic heterocycles. The molecule has 1 aromatic rings. The van der Waals surface area contributed by atoms with E-state index in [0.29, 0.717) is 12.1 Å². The lowest BCUT2D eigenvalue weighted by molar-refractivity contribution is -0.121. The van der Waals surface area contributed by atoms with E-state index in [1.807, 2.05) is 0 Å². The Bertz CT molecular complexity index is 404. The Labute approximate surface area is 120 Å². The average molecular weight is 279 g/mol. The van der Waals surface area contributed by atoms with E-state index in [0.717, 1.165) is 13.0 Å². The van der Waals surface area contributed by atoms with E-state index < -0.39 is 0 Å². The largest absolute Gasteiger partial charge is 0.354 e. The molecule has 1 aromatic heterocycles. The first-order chi connectivity index (χ1) is 9.66. The third-order valence-corrected chi connectivity index (χ3v) is 3.91. The highest BCUT2D eigenvalue weighted by Gasteiger charge is 2.23. The van der Waals surface area contributed by atoms with Gasteiger partial charge in [0, 0.05) is 24.8 Å². The third kappa shape index (κ3) is 4.30. The number of rotatable bonds is 6. The molecule has 112 valence electrons. The number of carbonyl (C=O) groups is 1. The molecule has 0 radical (unpaired) electrons. The normalized spacial score (nSPS) is 20.2. The van der Waals surface area contributed by atoms with Gasteiger partial charge in [0.15, 0.2) is 0 Å². The van der Waals surface area contributed by atoms with Gasteiger partial charge in [0.05, 0.1) is 6.20 Å². The molecule has 6 heteroatoms. The minimum Gasteiger partial charge on any atom is -0.354 e.